The third kappa shape index (κ3) is 3.06. The molecule has 104 valence electrons. The number of carbonyl (C=O) groups excluding carboxylic acids is 1. The molecule has 1 amide bonds. The van der Waals surface area contributed by atoms with Crippen LogP contribution in [0.15, 0.2) is 12.1 Å². The van der Waals surface area contributed by atoms with E-state index < -0.39 is 5.82 Å². The molecule has 1 aliphatic rings. The molecule has 0 aliphatic heterocycles. The van der Waals surface area contributed by atoms with Crippen molar-refractivity contribution >= 4 is 11.6 Å². The molecule has 0 unspecified atom stereocenters. The number of hydrogen-bond acceptors (Lipinski definition) is 2. The van der Waals surface area contributed by atoms with Gasteiger partial charge in [0.25, 0.3) is 5.91 Å². The number of halogens is 1. The van der Waals surface area contributed by atoms with Crippen LogP contribution >= 0.6 is 0 Å². The zero-order valence-corrected chi connectivity index (χ0v) is 11.6. The SMILES string of the molecule is Cc1c(N)cc(C(=O)NC2(C)CCCCC2)cc1F. The average molecular weight is 264 g/mol. The van der Waals surface area contributed by atoms with E-state index in [1.54, 1.807) is 13.0 Å². The van der Waals surface area contributed by atoms with Gasteiger partial charge in [-0.2, -0.15) is 0 Å². The Hall–Kier alpha value is -1.58. The van der Waals surface area contributed by atoms with Gasteiger partial charge in [-0.1, -0.05) is 19.3 Å². The molecule has 3 N–H and O–H groups in total. The lowest BCUT2D eigenvalue weighted by Gasteiger charge is -2.34. The first-order valence-corrected chi connectivity index (χ1v) is 6.79. The van der Waals surface area contributed by atoms with Gasteiger partial charge in [-0.3, -0.25) is 4.79 Å². The Bertz CT molecular complexity index is 470. The maximum absolute atomic E-state index is 13.6. The zero-order valence-electron chi connectivity index (χ0n) is 11.6. The highest BCUT2D eigenvalue weighted by molar-refractivity contribution is 5.95. The van der Waals surface area contributed by atoms with E-state index >= 15 is 0 Å². The highest BCUT2D eigenvalue weighted by Crippen LogP contribution is 2.28. The van der Waals surface area contributed by atoms with E-state index in [4.69, 9.17) is 5.73 Å². The van der Waals surface area contributed by atoms with Crippen LogP contribution in [0, 0.1) is 12.7 Å². The van der Waals surface area contributed by atoms with Crippen LogP contribution in [0.1, 0.15) is 54.9 Å². The van der Waals surface area contributed by atoms with Crippen molar-refractivity contribution in [1.82, 2.24) is 5.32 Å². The minimum Gasteiger partial charge on any atom is -0.398 e. The van der Waals surface area contributed by atoms with E-state index in [9.17, 15) is 9.18 Å². The summed E-state index contributed by atoms with van der Waals surface area (Å²) in [5.74, 6) is -0.672. The second-order valence-corrected chi connectivity index (χ2v) is 5.75. The maximum Gasteiger partial charge on any atom is 0.251 e. The number of carbonyl (C=O) groups is 1. The number of nitrogen functional groups attached to an aromatic ring is 1. The predicted octanol–water partition coefficient (Wildman–Crippen LogP) is 3.17. The normalized spacial score (nSPS) is 18.1. The minimum absolute atomic E-state index is 0.175. The van der Waals surface area contributed by atoms with Gasteiger partial charge in [0.2, 0.25) is 0 Å². The molecule has 1 aromatic rings. The molecule has 0 heterocycles. The smallest absolute Gasteiger partial charge is 0.251 e. The van der Waals surface area contributed by atoms with Gasteiger partial charge in [0.1, 0.15) is 5.82 Å². The number of nitrogens with two attached hydrogens (primary N) is 1. The van der Waals surface area contributed by atoms with Gasteiger partial charge >= 0.3 is 0 Å². The van der Waals surface area contributed by atoms with Crippen molar-refractivity contribution in [2.24, 2.45) is 0 Å². The number of anilines is 1. The summed E-state index contributed by atoms with van der Waals surface area (Å²) < 4.78 is 13.6. The molecule has 1 fully saturated rings. The Balaban J connectivity index is 2.16. The second-order valence-electron chi connectivity index (χ2n) is 5.75. The van der Waals surface area contributed by atoms with Gasteiger partial charge < -0.3 is 11.1 Å². The van der Waals surface area contributed by atoms with Crippen molar-refractivity contribution < 1.29 is 9.18 Å². The summed E-state index contributed by atoms with van der Waals surface area (Å²) in [6.07, 6.45) is 5.42. The summed E-state index contributed by atoms with van der Waals surface area (Å²) in [7, 11) is 0. The van der Waals surface area contributed by atoms with Crippen LogP contribution in [0.3, 0.4) is 0 Å². The summed E-state index contributed by atoms with van der Waals surface area (Å²) in [4.78, 5) is 12.2. The quantitative estimate of drug-likeness (QED) is 0.806. The highest BCUT2D eigenvalue weighted by Gasteiger charge is 2.28. The van der Waals surface area contributed by atoms with Crippen molar-refractivity contribution in [1.29, 1.82) is 0 Å². The van der Waals surface area contributed by atoms with Gasteiger partial charge in [0.15, 0.2) is 0 Å². The number of nitrogens with one attached hydrogen (secondary N) is 1. The molecule has 0 spiro atoms. The Morgan fingerprint density at radius 2 is 1.95 bits per heavy atom. The molecule has 4 heteroatoms. The molecule has 2 rings (SSSR count). The molecule has 0 bridgehead atoms. The van der Waals surface area contributed by atoms with Crippen molar-refractivity contribution in [2.75, 3.05) is 5.73 Å². The van der Waals surface area contributed by atoms with Crippen LogP contribution in [0.5, 0.6) is 0 Å². The van der Waals surface area contributed by atoms with Gasteiger partial charge in [-0.25, -0.2) is 4.39 Å². The Kier molecular flexibility index (Phi) is 3.78. The zero-order chi connectivity index (χ0) is 14.0. The van der Waals surface area contributed by atoms with Crippen LogP contribution in [-0.4, -0.2) is 11.4 Å². The van der Waals surface area contributed by atoms with Gasteiger partial charge in [0.05, 0.1) is 0 Å². The topological polar surface area (TPSA) is 55.1 Å². The molecule has 19 heavy (non-hydrogen) atoms. The standard InChI is InChI=1S/C15H21FN2O/c1-10-12(16)8-11(9-13(10)17)14(19)18-15(2)6-4-3-5-7-15/h8-9H,3-7,17H2,1-2H3,(H,18,19). The molecular weight excluding hydrogens is 243 g/mol. The first-order chi connectivity index (χ1) is 8.91. The second kappa shape index (κ2) is 5.19. The number of rotatable bonds is 2. The maximum atomic E-state index is 13.6. The summed E-state index contributed by atoms with van der Waals surface area (Å²) in [6.45, 7) is 3.66. The molecule has 0 radical (unpaired) electrons. The van der Waals surface area contributed by atoms with E-state index in [1.165, 1.54) is 12.5 Å². The Morgan fingerprint density at radius 1 is 1.32 bits per heavy atom. The van der Waals surface area contributed by atoms with Crippen molar-refractivity contribution in [3.05, 3.63) is 29.1 Å². The van der Waals surface area contributed by atoms with Crippen molar-refractivity contribution in [2.45, 2.75) is 51.5 Å². The fourth-order valence-electron chi connectivity index (χ4n) is 2.63. The predicted molar refractivity (Wildman–Crippen MR) is 74.5 cm³/mol. The van der Waals surface area contributed by atoms with Crippen LogP contribution in [0.25, 0.3) is 0 Å². The molecule has 3 nitrogen and oxygen atoms in total. The number of benzene rings is 1. The summed E-state index contributed by atoms with van der Waals surface area (Å²) in [6, 6.07) is 2.80. The molecular formula is C15H21FN2O. The fraction of sp³-hybridized carbons (Fsp3) is 0.533. The largest absolute Gasteiger partial charge is 0.398 e. The van der Waals surface area contributed by atoms with Crippen LogP contribution in [0.2, 0.25) is 0 Å². The van der Waals surface area contributed by atoms with Crippen LogP contribution in [0.4, 0.5) is 10.1 Å². The number of hydrogen-bond donors (Lipinski definition) is 2. The van der Waals surface area contributed by atoms with E-state index in [0.717, 1.165) is 25.7 Å². The minimum atomic E-state index is -0.432. The van der Waals surface area contributed by atoms with E-state index in [0.29, 0.717) is 16.8 Å². The third-order valence-corrected chi connectivity index (χ3v) is 4.02. The van der Waals surface area contributed by atoms with Gasteiger partial charge in [0, 0.05) is 22.4 Å². The lowest BCUT2D eigenvalue weighted by atomic mass is 9.83. The molecule has 0 aromatic heterocycles. The Labute approximate surface area is 113 Å². The first kappa shape index (κ1) is 13.8. The average Bonchev–Trinajstić information content (AvgIpc) is 2.35. The van der Waals surface area contributed by atoms with Gasteiger partial charge in [-0.15, -0.1) is 0 Å². The fourth-order valence-corrected chi connectivity index (χ4v) is 2.63. The first-order valence-electron chi connectivity index (χ1n) is 6.79. The molecule has 0 atom stereocenters. The van der Waals surface area contributed by atoms with E-state index in [2.05, 4.69) is 12.2 Å². The Morgan fingerprint density at radius 3 is 2.53 bits per heavy atom. The lowest BCUT2D eigenvalue weighted by molar-refractivity contribution is 0.0882. The summed E-state index contributed by atoms with van der Waals surface area (Å²) >= 11 is 0. The highest BCUT2D eigenvalue weighted by atomic mass is 19.1. The molecule has 1 aliphatic carbocycles. The van der Waals surface area contributed by atoms with Crippen molar-refractivity contribution in [3.8, 4) is 0 Å². The van der Waals surface area contributed by atoms with E-state index in [1.807, 2.05) is 0 Å². The summed E-state index contributed by atoms with van der Waals surface area (Å²) in [5.41, 5.74) is 6.54. The third-order valence-electron chi connectivity index (χ3n) is 4.02. The monoisotopic (exact) mass is 264 g/mol. The van der Waals surface area contributed by atoms with Crippen molar-refractivity contribution in [3.63, 3.8) is 0 Å². The summed E-state index contributed by atoms with van der Waals surface area (Å²) in [5, 5.41) is 3.02. The molecule has 1 saturated carbocycles. The molecule has 0 saturated heterocycles. The van der Waals surface area contributed by atoms with Gasteiger partial charge in [-0.05, 0) is 38.8 Å². The van der Waals surface area contributed by atoms with E-state index in [-0.39, 0.29) is 11.4 Å². The number of amides is 1. The molecule has 1 aromatic carbocycles. The van der Waals surface area contributed by atoms with Crippen LogP contribution in [-0.2, 0) is 0 Å². The lowest BCUT2D eigenvalue weighted by Crippen LogP contribution is -2.47. The van der Waals surface area contributed by atoms with Crippen LogP contribution < -0.4 is 11.1 Å².